The van der Waals surface area contributed by atoms with Crippen molar-refractivity contribution in [2.24, 2.45) is 5.73 Å². The molecule has 0 aliphatic rings. The Labute approximate surface area is 106 Å². The van der Waals surface area contributed by atoms with Gasteiger partial charge in [0, 0.05) is 6.04 Å². The highest BCUT2D eigenvalue weighted by molar-refractivity contribution is 5.79. The molecule has 102 valence electrons. The number of nitrogens with one attached hydrogen (secondary N) is 1. The number of rotatable bonds is 1. The summed E-state index contributed by atoms with van der Waals surface area (Å²) in [7, 11) is 0. The monoisotopic (exact) mass is 271 g/mol. The van der Waals surface area contributed by atoms with Crippen LogP contribution in [0.1, 0.15) is 29.9 Å². The highest BCUT2D eigenvalue weighted by atomic mass is 19.4. The maximum atomic E-state index is 13.0. The Morgan fingerprint density at radius 1 is 1.37 bits per heavy atom. The molecule has 0 radical (unpaired) electrons. The number of H-pyrrole nitrogens is 1. The van der Waals surface area contributed by atoms with Gasteiger partial charge in [0.15, 0.2) is 0 Å². The van der Waals surface area contributed by atoms with Gasteiger partial charge < -0.3 is 10.7 Å². The fourth-order valence-corrected chi connectivity index (χ4v) is 1.94. The van der Waals surface area contributed by atoms with Crippen LogP contribution in [0.5, 0.6) is 0 Å². The first-order chi connectivity index (χ1) is 8.70. The average Bonchev–Trinajstić information content (AvgIpc) is 2.25. The predicted molar refractivity (Wildman–Crippen MR) is 64.7 cm³/mol. The first kappa shape index (κ1) is 13.5. The van der Waals surface area contributed by atoms with Crippen LogP contribution < -0.4 is 11.3 Å². The molecule has 7 heteroatoms. The Morgan fingerprint density at radius 3 is 2.53 bits per heavy atom. The van der Waals surface area contributed by atoms with E-state index >= 15 is 0 Å². The van der Waals surface area contributed by atoms with E-state index in [0.29, 0.717) is 0 Å². The van der Waals surface area contributed by atoms with Crippen molar-refractivity contribution in [3.8, 4) is 0 Å². The number of aryl methyl sites for hydroxylation is 1. The van der Waals surface area contributed by atoms with Crippen LogP contribution in [0.25, 0.3) is 10.9 Å². The molecule has 0 saturated heterocycles. The number of aromatic amines is 1. The van der Waals surface area contributed by atoms with Crippen LogP contribution in [0.3, 0.4) is 0 Å². The number of halogens is 3. The molecule has 2 aromatic rings. The Bertz CT molecular complexity index is 689. The Kier molecular flexibility index (Phi) is 3.09. The number of hydrogen-bond acceptors (Lipinski definition) is 3. The molecule has 3 N–H and O–H groups in total. The predicted octanol–water partition coefficient (Wildman–Crippen LogP) is 2.27. The van der Waals surface area contributed by atoms with E-state index < -0.39 is 23.3 Å². The van der Waals surface area contributed by atoms with Crippen molar-refractivity contribution in [3.05, 3.63) is 39.4 Å². The van der Waals surface area contributed by atoms with Gasteiger partial charge in [-0.25, -0.2) is 4.98 Å². The first-order valence-electron chi connectivity index (χ1n) is 5.57. The molecular weight excluding hydrogens is 259 g/mol. The van der Waals surface area contributed by atoms with Gasteiger partial charge >= 0.3 is 6.18 Å². The van der Waals surface area contributed by atoms with E-state index in [4.69, 9.17) is 5.73 Å². The average molecular weight is 271 g/mol. The number of aromatic nitrogens is 2. The summed E-state index contributed by atoms with van der Waals surface area (Å²) in [6.45, 7) is 2.94. The molecule has 4 nitrogen and oxygen atoms in total. The fraction of sp³-hybridized carbons (Fsp3) is 0.333. The lowest BCUT2D eigenvalue weighted by atomic mass is 9.99. The Hall–Kier alpha value is -1.89. The molecule has 0 unspecified atom stereocenters. The summed E-state index contributed by atoms with van der Waals surface area (Å²) in [6, 6.07) is 1.20. The zero-order chi connectivity index (χ0) is 14.4. The SMILES string of the molecule is Cc1nc2cc(C(F)(F)F)c([C@@H](C)N)cc2c(=O)[nH]1. The Morgan fingerprint density at radius 2 is 2.00 bits per heavy atom. The first-order valence-corrected chi connectivity index (χ1v) is 5.57. The van der Waals surface area contributed by atoms with Crippen LogP contribution in [-0.4, -0.2) is 9.97 Å². The van der Waals surface area contributed by atoms with E-state index in [1.807, 2.05) is 0 Å². The van der Waals surface area contributed by atoms with Crippen LogP contribution in [0.15, 0.2) is 16.9 Å². The summed E-state index contributed by atoms with van der Waals surface area (Å²) in [4.78, 5) is 18.1. The van der Waals surface area contributed by atoms with Crippen molar-refractivity contribution >= 4 is 10.9 Å². The van der Waals surface area contributed by atoms with Crippen molar-refractivity contribution in [2.75, 3.05) is 0 Å². The van der Waals surface area contributed by atoms with Gasteiger partial charge in [-0.05, 0) is 31.5 Å². The summed E-state index contributed by atoms with van der Waals surface area (Å²) in [6.07, 6.45) is -4.53. The van der Waals surface area contributed by atoms with E-state index in [2.05, 4.69) is 9.97 Å². The minimum atomic E-state index is -4.53. The summed E-state index contributed by atoms with van der Waals surface area (Å²) in [5, 5.41) is 0.103. The molecule has 1 aromatic heterocycles. The number of fused-ring (bicyclic) bond motifs is 1. The quantitative estimate of drug-likeness (QED) is 0.835. The molecule has 0 saturated carbocycles. The second-order valence-electron chi connectivity index (χ2n) is 4.39. The van der Waals surface area contributed by atoms with Gasteiger partial charge in [0.25, 0.3) is 5.56 Å². The van der Waals surface area contributed by atoms with Crippen LogP contribution in [0.2, 0.25) is 0 Å². The van der Waals surface area contributed by atoms with Crippen LogP contribution in [-0.2, 0) is 6.18 Å². The number of alkyl halides is 3. The van der Waals surface area contributed by atoms with Crippen molar-refractivity contribution < 1.29 is 13.2 Å². The minimum Gasteiger partial charge on any atom is -0.324 e. The van der Waals surface area contributed by atoms with Gasteiger partial charge in [-0.2, -0.15) is 13.2 Å². The number of nitrogens with zero attached hydrogens (tertiary/aromatic N) is 1. The molecule has 0 aliphatic carbocycles. The van der Waals surface area contributed by atoms with E-state index in [0.717, 1.165) is 12.1 Å². The smallest absolute Gasteiger partial charge is 0.324 e. The van der Waals surface area contributed by atoms with E-state index in [1.165, 1.54) is 13.8 Å². The largest absolute Gasteiger partial charge is 0.416 e. The summed E-state index contributed by atoms with van der Waals surface area (Å²) in [5.41, 5.74) is 4.12. The molecule has 2 rings (SSSR count). The summed E-state index contributed by atoms with van der Waals surface area (Å²) < 4.78 is 38.9. The van der Waals surface area contributed by atoms with Gasteiger partial charge in [0.05, 0.1) is 16.5 Å². The van der Waals surface area contributed by atoms with Gasteiger partial charge in [0.1, 0.15) is 5.82 Å². The molecular formula is C12H12F3N3O. The zero-order valence-corrected chi connectivity index (χ0v) is 10.3. The minimum absolute atomic E-state index is 0.0120. The zero-order valence-electron chi connectivity index (χ0n) is 10.3. The lowest BCUT2D eigenvalue weighted by molar-refractivity contribution is -0.138. The number of hydrogen-bond donors (Lipinski definition) is 2. The highest BCUT2D eigenvalue weighted by Gasteiger charge is 2.34. The molecule has 1 atom stereocenters. The van der Waals surface area contributed by atoms with Gasteiger partial charge in [-0.1, -0.05) is 0 Å². The van der Waals surface area contributed by atoms with Crippen molar-refractivity contribution in [2.45, 2.75) is 26.1 Å². The van der Waals surface area contributed by atoms with Crippen molar-refractivity contribution in [1.29, 1.82) is 0 Å². The van der Waals surface area contributed by atoms with Crippen LogP contribution in [0.4, 0.5) is 13.2 Å². The second-order valence-corrected chi connectivity index (χ2v) is 4.39. The third kappa shape index (κ3) is 2.46. The van der Waals surface area contributed by atoms with Crippen molar-refractivity contribution in [1.82, 2.24) is 9.97 Å². The van der Waals surface area contributed by atoms with Crippen molar-refractivity contribution in [3.63, 3.8) is 0 Å². The summed E-state index contributed by atoms with van der Waals surface area (Å²) >= 11 is 0. The van der Waals surface area contributed by atoms with E-state index in [9.17, 15) is 18.0 Å². The topological polar surface area (TPSA) is 71.8 Å². The third-order valence-corrected chi connectivity index (χ3v) is 2.79. The molecule has 1 heterocycles. The maximum absolute atomic E-state index is 13.0. The van der Waals surface area contributed by atoms with Crippen LogP contribution >= 0.6 is 0 Å². The maximum Gasteiger partial charge on any atom is 0.416 e. The summed E-state index contributed by atoms with van der Waals surface area (Å²) in [5.74, 6) is 0.263. The molecule has 0 amide bonds. The van der Waals surface area contributed by atoms with Gasteiger partial charge in [-0.3, -0.25) is 4.79 Å². The third-order valence-electron chi connectivity index (χ3n) is 2.79. The fourth-order valence-electron chi connectivity index (χ4n) is 1.94. The van der Waals surface area contributed by atoms with Gasteiger partial charge in [0.2, 0.25) is 0 Å². The van der Waals surface area contributed by atoms with E-state index in [1.54, 1.807) is 0 Å². The second kappa shape index (κ2) is 4.34. The molecule has 0 aliphatic heterocycles. The number of benzene rings is 1. The highest BCUT2D eigenvalue weighted by Crippen LogP contribution is 2.35. The molecule has 0 fully saturated rings. The molecule has 0 spiro atoms. The van der Waals surface area contributed by atoms with E-state index in [-0.39, 0.29) is 22.3 Å². The Balaban J connectivity index is 2.89. The van der Waals surface area contributed by atoms with Gasteiger partial charge in [-0.15, -0.1) is 0 Å². The normalized spacial score (nSPS) is 13.8. The lowest BCUT2D eigenvalue weighted by Crippen LogP contribution is -2.18. The standard InChI is InChI=1S/C12H12F3N3O/c1-5(16)7-3-8-10(4-9(7)12(13,14)15)17-6(2)18-11(8)19/h3-5H,16H2,1-2H3,(H,17,18,19)/t5-/m1/s1. The lowest BCUT2D eigenvalue weighted by Gasteiger charge is -2.16. The molecule has 19 heavy (non-hydrogen) atoms. The number of nitrogens with two attached hydrogens (primary N) is 1. The van der Waals surface area contributed by atoms with Crippen LogP contribution in [0, 0.1) is 6.92 Å². The molecule has 0 bridgehead atoms. The molecule has 1 aromatic carbocycles.